The van der Waals surface area contributed by atoms with Crippen LogP contribution in [0.5, 0.6) is 0 Å². The fourth-order valence-corrected chi connectivity index (χ4v) is 4.15. The Bertz CT molecular complexity index is 674. The second-order valence-corrected chi connectivity index (χ2v) is 8.26. The Hall–Kier alpha value is -0.186. The van der Waals surface area contributed by atoms with E-state index in [2.05, 4.69) is 59.7 Å². The summed E-state index contributed by atoms with van der Waals surface area (Å²) in [6.07, 6.45) is 9.13. The van der Waals surface area contributed by atoms with Crippen molar-refractivity contribution >= 4 is 34.7 Å². The fraction of sp³-hybridized carbons (Fsp3) is 0.455. The topological polar surface area (TPSA) is 12.5 Å². The van der Waals surface area contributed by atoms with Crippen molar-refractivity contribution in [2.75, 3.05) is 18.1 Å². The number of nitrogens with zero attached hydrogens (tertiary/aromatic N) is 1. The summed E-state index contributed by atoms with van der Waals surface area (Å²) in [5, 5.41) is 3.24. The van der Waals surface area contributed by atoms with Crippen molar-refractivity contribution < 1.29 is 37.4 Å². The number of halogens is 1. The van der Waals surface area contributed by atoms with Gasteiger partial charge in [0.2, 0.25) is 0 Å². The van der Waals surface area contributed by atoms with Gasteiger partial charge in [-0.15, -0.1) is 21.9 Å². The average Bonchev–Trinajstić information content (AvgIpc) is 3.30. The summed E-state index contributed by atoms with van der Waals surface area (Å²) in [6, 6.07) is 13.0. The molecule has 1 saturated heterocycles. The van der Waals surface area contributed by atoms with Crippen LogP contribution in [-0.4, -0.2) is 24.6 Å². The van der Waals surface area contributed by atoms with Gasteiger partial charge >= 0.3 is 0 Å². The maximum atomic E-state index is 6.58. The Labute approximate surface area is 197 Å². The van der Waals surface area contributed by atoms with Crippen LogP contribution in [0.3, 0.4) is 0 Å². The molecular formula is C22H27ClNOSY-. The van der Waals surface area contributed by atoms with E-state index in [1.54, 1.807) is 11.3 Å². The van der Waals surface area contributed by atoms with Crippen LogP contribution in [0.4, 0.5) is 5.69 Å². The Balaban J connectivity index is 0.00000261. The van der Waals surface area contributed by atoms with Crippen molar-refractivity contribution in [3.8, 4) is 0 Å². The van der Waals surface area contributed by atoms with Gasteiger partial charge in [-0.25, -0.2) is 0 Å². The number of hydrogen-bond donors (Lipinski definition) is 0. The minimum atomic E-state index is 0. The second-order valence-electron chi connectivity index (χ2n) is 6.74. The molecule has 2 heterocycles. The quantitative estimate of drug-likeness (QED) is 0.244. The van der Waals surface area contributed by atoms with Crippen LogP contribution < -0.4 is 4.90 Å². The van der Waals surface area contributed by atoms with E-state index in [1.807, 2.05) is 6.07 Å². The van der Waals surface area contributed by atoms with E-state index in [1.165, 1.54) is 29.0 Å². The van der Waals surface area contributed by atoms with Gasteiger partial charge in [-0.2, -0.15) is 12.1 Å². The fourth-order valence-electron chi connectivity index (χ4n) is 3.28. The van der Waals surface area contributed by atoms with E-state index >= 15 is 0 Å². The predicted molar refractivity (Wildman–Crippen MR) is 113 cm³/mol. The summed E-state index contributed by atoms with van der Waals surface area (Å²) in [6.45, 7) is 4.51. The first-order valence-electron chi connectivity index (χ1n) is 9.47. The number of rotatable bonds is 9. The van der Waals surface area contributed by atoms with Gasteiger partial charge in [-0.3, -0.25) is 11.3 Å². The van der Waals surface area contributed by atoms with Gasteiger partial charge in [0.15, 0.2) is 0 Å². The maximum absolute atomic E-state index is 6.58. The first kappa shape index (κ1) is 23.1. The minimum absolute atomic E-state index is 0. The summed E-state index contributed by atoms with van der Waals surface area (Å²) in [4.78, 5) is 3.60. The number of benzene rings is 1. The van der Waals surface area contributed by atoms with Crippen LogP contribution in [0, 0.1) is 5.38 Å². The number of alkyl halides is 1. The van der Waals surface area contributed by atoms with Gasteiger partial charge in [0.25, 0.3) is 0 Å². The summed E-state index contributed by atoms with van der Waals surface area (Å²) < 4.78 is 5.94. The first-order chi connectivity index (χ1) is 12.8. The zero-order valence-corrected chi connectivity index (χ0v) is 20.4. The van der Waals surface area contributed by atoms with Gasteiger partial charge in [-0.1, -0.05) is 44.1 Å². The van der Waals surface area contributed by atoms with E-state index in [4.69, 9.17) is 16.3 Å². The third kappa shape index (κ3) is 6.97. The molecule has 27 heavy (non-hydrogen) atoms. The monoisotopic (exact) mass is 477 g/mol. The molecule has 0 bridgehead atoms. The van der Waals surface area contributed by atoms with Crippen molar-refractivity contribution in [1.29, 1.82) is 0 Å². The molecule has 1 aliphatic heterocycles. The van der Waals surface area contributed by atoms with Crippen molar-refractivity contribution in [3.63, 3.8) is 0 Å². The second kappa shape index (κ2) is 12.4. The Morgan fingerprint density at radius 2 is 2.11 bits per heavy atom. The molecule has 3 rings (SSSR count). The van der Waals surface area contributed by atoms with Crippen molar-refractivity contribution in [2.24, 2.45) is 0 Å². The molecule has 0 N–H and O–H groups in total. The van der Waals surface area contributed by atoms with E-state index in [0.717, 1.165) is 19.4 Å². The molecule has 0 amide bonds. The largest absolute Gasteiger partial charge is 0.387 e. The zero-order chi connectivity index (χ0) is 18.2. The van der Waals surface area contributed by atoms with Gasteiger partial charge in [0.05, 0.1) is 18.0 Å². The Morgan fingerprint density at radius 1 is 1.30 bits per heavy atom. The molecule has 2 nitrogen and oxygen atoms in total. The number of ether oxygens (including phenoxy) is 1. The first-order valence-corrected chi connectivity index (χ1v) is 10.7. The molecule has 143 valence electrons. The van der Waals surface area contributed by atoms with E-state index in [0.29, 0.717) is 13.2 Å². The summed E-state index contributed by atoms with van der Waals surface area (Å²) in [5.74, 6) is 0. The number of unbranched alkanes of at least 4 members (excludes halogenated alkanes) is 2. The maximum Gasteiger partial charge on any atom is 0.0687 e. The van der Waals surface area contributed by atoms with Crippen LogP contribution in [0.2, 0.25) is 0 Å². The van der Waals surface area contributed by atoms with Gasteiger partial charge in [0, 0.05) is 51.5 Å². The van der Waals surface area contributed by atoms with Crippen molar-refractivity contribution in [1.82, 2.24) is 0 Å². The zero-order valence-electron chi connectivity index (χ0n) is 15.9. The number of thiophene rings is 1. The third-order valence-corrected chi connectivity index (χ3v) is 6.06. The number of hydrogen-bond acceptors (Lipinski definition) is 3. The third-order valence-electron chi connectivity index (χ3n) is 4.78. The molecule has 0 saturated carbocycles. The number of allylic oxidation sites excluding steroid dienone is 1. The smallest absolute Gasteiger partial charge is 0.0687 e. The molecule has 1 aromatic heterocycles. The molecule has 0 unspecified atom stereocenters. The molecular weight excluding hydrogens is 451 g/mol. The Morgan fingerprint density at radius 3 is 2.81 bits per heavy atom. The molecule has 1 aromatic carbocycles. The standard InChI is InChI=1S/C22H27ClNOS.Y/c1-2-3-4-5-7-18-9-11-19(12-10-18)24-14-13-21(23)22(24)17-25-16-20-8-6-15-26-20;/h5-12,21-22H,2-4,13-14,16-17H2,1H3;/q-1;/b7-5+;/t21-,22+;/m1./s1. The normalized spacial score (nSPS) is 19.6. The SMILES string of the molecule is CCCC/C=C/c1ccc(N2CC[C@@H](Cl)[C@@H]2COCc2cc[c-]s2)cc1.[Y]. The van der Waals surface area contributed by atoms with E-state index < -0.39 is 0 Å². The molecule has 0 spiro atoms. The van der Waals surface area contributed by atoms with Crippen LogP contribution in [0.25, 0.3) is 6.08 Å². The molecule has 1 radical (unpaired) electrons. The van der Waals surface area contributed by atoms with Crippen LogP contribution in [0.15, 0.2) is 42.5 Å². The van der Waals surface area contributed by atoms with E-state index in [-0.39, 0.29) is 44.1 Å². The predicted octanol–water partition coefficient (Wildman–Crippen LogP) is 6.15. The average molecular weight is 478 g/mol. The Kier molecular flexibility index (Phi) is 10.6. The summed E-state index contributed by atoms with van der Waals surface area (Å²) in [7, 11) is 0. The summed E-state index contributed by atoms with van der Waals surface area (Å²) in [5.41, 5.74) is 2.49. The molecule has 0 aliphatic carbocycles. The minimum Gasteiger partial charge on any atom is -0.387 e. The molecule has 1 aliphatic rings. The van der Waals surface area contributed by atoms with Crippen LogP contribution in [-0.2, 0) is 44.1 Å². The summed E-state index contributed by atoms with van der Waals surface area (Å²) >= 11 is 8.19. The van der Waals surface area contributed by atoms with Crippen molar-refractivity contribution in [2.45, 2.75) is 50.6 Å². The van der Waals surface area contributed by atoms with Crippen LogP contribution in [0.1, 0.15) is 43.0 Å². The van der Waals surface area contributed by atoms with Gasteiger partial charge in [0.1, 0.15) is 0 Å². The number of anilines is 1. The van der Waals surface area contributed by atoms with Crippen LogP contribution >= 0.6 is 22.9 Å². The molecule has 5 heteroatoms. The van der Waals surface area contributed by atoms with Crippen molar-refractivity contribution in [3.05, 3.63) is 58.3 Å². The molecule has 2 atom stereocenters. The van der Waals surface area contributed by atoms with Gasteiger partial charge < -0.3 is 9.64 Å². The van der Waals surface area contributed by atoms with E-state index in [9.17, 15) is 0 Å². The molecule has 1 fully saturated rings. The molecule has 2 aromatic rings. The van der Waals surface area contributed by atoms with Gasteiger partial charge in [-0.05, 0) is 30.5 Å².